The standard InChI is InChI=1S/C68H124O6/c1-4-7-10-13-16-19-22-25-28-31-33-34-35-36-38-40-43-46-49-52-55-58-61-67(70)73-64-65(63-72-66(69)60-57-54-51-48-45-42-39-30-27-24-21-18-15-12-9-6-3)74-68(71)62-59-56-53-50-47-44-41-37-32-29-26-23-20-17-14-11-8-5-2/h20-21,23-24,29-30,32,39,65H,4-19,22,25-28,31,33-38,40-64H2,1-3H3/b23-20-,24-21-,32-29-,39-30-. The summed E-state index contributed by atoms with van der Waals surface area (Å²) < 4.78 is 16.9. The maximum absolute atomic E-state index is 12.9. The molecule has 0 aromatic carbocycles. The molecule has 0 aliphatic carbocycles. The van der Waals surface area contributed by atoms with Crippen LogP contribution in [0.3, 0.4) is 0 Å². The van der Waals surface area contributed by atoms with E-state index in [1.54, 1.807) is 0 Å². The predicted molar refractivity (Wildman–Crippen MR) is 321 cm³/mol. The van der Waals surface area contributed by atoms with Gasteiger partial charge in [0.25, 0.3) is 0 Å². The van der Waals surface area contributed by atoms with Crippen molar-refractivity contribution in [1.82, 2.24) is 0 Å². The summed E-state index contributed by atoms with van der Waals surface area (Å²) in [5.74, 6) is -0.878. The van der Waals surface area contributed by atoms with Crippen LogP contribution in [-0.2, 0) is 28.6 Å². The molecule has 0 spiro atoms. The van der Waals surface area contributed by atoms with E-state index in [1.165, 1.54) is 218 Å². The first-order valence-corrected chi connectivity index (χ1v) is 32.6. The molecule has 6 nitrogen and oxygen atoms in total. The summed E-state index contributed by atoms with van der Waals surface area (Å²) in [6, 6.07) is 0. The second-order valence-electron chi connectivity index (χ2n) is 22.0. The summed E-state index contributed by atoms with van der Waals surface area (Å²) in [5, 5.41) is 0. The van der Waals surface area contributed by atoms with E-state index in [0.29, 0.717) is 19.3 Å². The molecule has 0 radical (unpaired) electrons. The molecule has 0 saturated heterocycles. The van der Waals surface area contributed by atoms with Crippen LogP contribution in [0.1, 0.15) is 348 Å². The minimum Gasteiger partial charge on any atom is -0.462 e. The number of esters is 3. The Labute approximate surface area is 460 Å². The van der Waals surface area contributed by atoms with Crippen molar-refractivity contribution in [3.8, 4) is 0 Å². The Morgan fingerprint density at radius 2 is 0.486 bits per heavy atom. The van der Waals surface area contributed by atoms with Gasteiger partial charge in [0.2, 0.25) is 0 Å². The molecule has 0 bridgehead atoms. The average Bonchev–Trinajstić information content (AvgIpc) is 3.40. The van der Waals surface area contributed by atoms with Gasteiger partial charge in [0.05, 0.1) is 0 Å². The lowest BCUT2D eigenvalue weighted by Crippen LogP contribution is -2.30. The minimum atomic E-state index is -0.783. The Kier molecular flexibility index (Phi) is 60.7. The second-order valence-corrected chi connectivity index (χ2v) is 22.0. The number of hydrogen-bond acceptors (Lipinski definition) is 6. The van der Waals surface area contributed by atoms with Crippen molar-refractivity contribution in [1.29, 1.82) is 0 Å². The quantitative estimate of drug-likeness (QED) is 0.0261. The SMILES string of the molecule is CCCCCC/C=C\C/C=C\CCCCCCCCCC(=O)OC(COC(=O)CCCCCCC/C=C\C/C=C\CCCCCC)COC(=O)CCCCCCCCCCCCCCCCCCCCCCCC. The third-order valence-electron chi connectivity index (χ3n) is 14.6. The molecular weight excluding hydrogens is 913 g/mol. The van der Waals surface area contributed by atoms with Crippen LogP contribution in [0.5, 0.6) is 0 Å². The van der Waals surface area contributed by atoms with Crippen LogP contribution in [-0.4, -0.2) is 37.2 Å². The number of allylic oxidation sites excluding steroid dienone is 8. The van der Waals surface area contributed by atoms with Crippen LogP contribution in [0.2, 0.25) is 0 Å². The maximum atomic E-state index is 12.9. The van der Waals surface area contributed by atoms with E-state index >= 15 is 0 Å². The predicted octanol–water partition coefficient (Wildman–Crippen LogP) is 22.2. The zero-order valence-corrected chi connectivity index (χ0v) is 49.6. The summed E-state index contributed by atoms with van der Waals surface area (Å²) in [7, 11) is 0. The van der Waals surface area contributed by atoms with Crippen molar-refractivity contribution < 1.29 is 28.6 Å². The summed E-state index contributed by atoms with van der Waals surface area (Å²) in [6.07, 6.45) is 78.3. The van der Waals surface area contributed by atoms with Gasteiger partial charge in [-0.1, -0.05) is 294 Å². The van der Waals surface area contributed by atoms with Crippen LogP contribution in [0.25, 0.3) is 0 Å². The highest BCUT2D eigenvalue weighted by Gasteiger charge is 2.19. The van der Waals surface area contributed by atoms with Crippen LogP contribution in [0.4, 0.5) is 0 Å². The third-order valence-corrected chi connectivity index (χ3v) is 14.6. The van der Waals surface area contributed by atoms with Crippen LogP contribution in [0, 0.1) is 0 Å². The van der Waals surface area contributed by atoms with Crippen molar-refractivity contribution in [3.05, 3.63) is 48.6 Å². The van der Waals surface area contributed by atoms with Crippen LogP contribution >= 0.6 is 0 Å². The first kappa shape index (κ1) is 71.4. The number of carbonyl (C=O) groups excluding carboxylic acids is 3. The summed E-state index contributed by atoms with van der Waals surface area (Å²) in [6.45, 7) is 6.65. The van der Waals surface area contributed by atoms with Gasteiger partial charge in [-0.25, -0.2) is 0 Å². The van der Waals surface area contributed by atoms with Gasteiger partial charge >= 0.3 is 17.9 Å². The Balaban J connectivity index is 4.34. The fraction of sp³-hybridized carbons (Fsp3) is 0.838. The lowest BCUT2D eigenvalue weighted by molar-refractivity contribution is -0.167. The zero-order chi connectivity index (χ0) is 53.6. The van der Waals surface area contributed by atoms with Gasteiger partial charge in [0.1, 0.15) is 13.2 Å². The molecule has 432 valence electrons. The van der Waals surface area contributed by atoms with E-state index in [2.05, 4.69) is 69.4 Å². The number of ether oxygens (including phenoxy) is 3. The highest BCUT2D eigenvalue weighted by atomic mass is 16.6. The largest absolute Gasteiger partial charge is 0.462 e. The topological polar surface area (TPSA) is 78.9 Å². The third kappa shape index (κ3) is 60.2. The first-order chi connectivity index (χ1) is 36.5. The number of hydrogen-bond donors (Lipinski definition) is 0. The molecule has 0 aromatic heterocycles. The fourth-order valence-corrected chi connectivity index (χ4v) is 9.62. The van der Waals surface area contributed by atoms with E-state index in [1.807, 2.05) is 0 Å². The molecule has 0 aliphatic rings. The molecule has 6 heteroatoms. The van der Waals surface area contributed by atoms with Crippen LogP contribution < -0.4 is 0 Å². The lowest BCUT2D eigenvalue weighted by atomic mass is 10.0. The fourth-order valence-electron chi connectivity index (χ4n) is 9.62. The van der Waals surface area contributed by atoms with Crippen molar-refractivity contribution in [2.45, 2.75) is 354 Å². The van der Waals surface area contributed by atoms with Gasteiger partial charge in [-0.3, -0.25) is 14.4 Å². The molecule has 1 unspecified atom stereocenters. The molecule has 0 saturated carbocycles. The summed E-state index contributed by atoms with van der Waals surface area (Å²) >= 11 is 0. The maximum Gasteiger partial charge on any atom is 0.306 e. The summed E-state index contributed by atoms with van der Waals surface area (Å²) in [5.41, 5.74) is 0. The van der Waals surface area contributed by atoms with Gasteiger partial charge in [-0.15, -0.1) is 0 Å². The molecule has 0 amide bonds. The van der Waals surface area contributed by atoms with Gasteiger partial charge in [0, 0.05) is 19.3 Å². The molecule has 0 aromatic rings. The molecule has 0 fully saturated rings. The lowest BCUT2D eigenvalue weighted by Gasteiger charge is -2.18. The zero-order valence-electron chi connectivity index (χ0n) is 49.6. The summed E-state index contributed by atoms with van der Waals surface area (Å²) in [4.78, 5) is 38.3. The van der Waals surface area contributed by atoms with Crippen molar-refractivity contribution in [2.75, 3.05) is 13.2 Å². The van der Waals surface area contributed by atoms with Gasteiger partial charge in [-0.2, -0.15) is 0 Å². The molecular formula is C68H124O6. The minimum absolute atomic E-state index is 0.0774. The normalized spacial score (nSPS) is 12.3. The molecule has 0 heterocycles. The number of unbranched alkanes of at least 4 members (excludes halogenated alkanes) is 41. The van der Waals surface area contributed by atoms with Crippen molar-refractivity contribution >= 4 is 17.9 Å². The van der Waals surface area contributed by atoms with Crippen molar-refractivity contribution in [3.63, 3.8) is 0 Å². The molecule has 74 heavy (non-hydrogen) atoms. The highest BCUT2D eigenvalue weighted by Crippen LogP contribution is 2.17. The Morgan fingerprint density at radius 1 is 0.270 bits per heavy atom. The number of carbonyl (C=O) groups is 3. The number of rotatable bonds is 60. The average molecular weight is 1040 g/mol. The van der Waals surface area contributed by atoms with Crippen LogP contribution in [0.15, 0.2) is 48.6 Å². The van der Waals surface area contributed by atoms with E-state index in [-0.39, 0.29) is 31.1 Å². The van der Waals surface area contributed by atoms with Gasteiger partial charge in [0.15, 0.2) is 6.10 Å². The molecule has 1 atom stereocenters. The second kappa shape index (κ2) is 62.9. The van der Waals surface area contributed by atoms with E-state index in [9.17, 15) is 14.4 Å². The molecule has 0 aliphatic heterocycles. The molecule has 0 N–H and O–H groups in total. The Bertz CT molecular complexity index is 1280. The van der Waals surface area contributed by atoms with E-state index in [0.717, 1.165) is 89.9 Å². The highest BCUT2D eigenvalue weighted by molar-refractivity contribution is 5.71. The van der Waals surface area contributed by atoms with Crippen molar-refractivity contribution in [2.24, 2.45) is 0 Å². The molecule has 0 rings (SSSR count). The van der Waals surface area contributed by atoms with Gasteiger partial charge < -0.3 is 14.2 Å². The van der Waals surface area contributed by atoms with E-state index in [4.69, 9.17) is 14.2 Å². The monoisotopic (exact) mass is 1040 g/mol. The Hall–Kier alpha value is -2.63. The van der Waals surface area contributed by atoms with Gasteiger partial charge in [-0.05, 0) is 83.5 Å². The first-order valence-electron chi connectivity index (χ1n) is 32.6. The Morgan fingerprint density at radius 3 is 0.757 bits per heavy atom. The van der Waals surface area contributed by atoms with E-state index < -0.39 is 6.10 Å². The smallest absolute Gasteiger partial charge is 0.306 e.